The molecule has 1 aliphatic rings. The van der Waals surface area contributed by atoms with Gasteiger partial charge < -0.3 is 14.5 Å². The first-order chi connectivity index (χ1) is 9.62. The number of aryl methyl sites for hydroxylation is 1. The molecule has 0 bridgehead atoms. The number of esters is 1. The average Bonchev–Trinajstić information content (AvgIpc) is 3.05. The fourth-order valence-electron chi connectivity index (χ4n) is 3.04. The molecule has 1 N–H and O–H groups in total. The van der Waals surface area contributed by atoms with Gasteiger partial charge in [-0.2, -0.15) is 0 Å². The predicted molar refractivity (Wildman–Crippen MR) is 77.7 cm³/mol. The van der Waals surface area contributed by atoms with E-state index in [1.54, 1.807) is 18.0 Å². The summed E-state index contributed by atoms with van der Waals surface area (Å²) in [7, 11) is 3.31. The second kappa shape index (κ2) is 6.63. The first-order valence-corrected chi connectivity index (χ1v) is 7.93. The molecule has 1 heterocycles. The number of ether oxygens (including phenoxy) is 1. The smallest absolute Gasteiger partial charge is 0.326 e. The molecule has 0 amide bonds. The number of nitrogens with one attached hydrogen (secondary N) is 1. The molecule has 1 aromatic rings. The Labute approximate surface area is 123 Å². The summed E-state index contributed by atoms with van der Waals surface area (Å²) >= 11 is 1.60. The van der Waals surface area contributed by atoms with Gasteiger partial charge >= 0.3 is 5.97 Å². The number of hydrogen-bond donors (Lipinski definition) is 1. The maximum atomic E-state index is 12.1. The lowest BCUT2D eigenvalue weighted by atomic mass is 9.85. The molecule has 0 spiro atoms. The Morgan fingerprint density at radius 3 is 3.10 bits per heavy atom. The van der Waals surface area contributed by atoms with Gasteiger partial charge in [-0.3, -0.25) is 4.79 Å². The van der Waals surface area contributed by atoms with E-state index in [1.165, 1.54) is 7.11 Å². The van der Waals surface area contributed by atoms with Gasteiger partial charge in [0, 0.05) is 5.75 Å². The van der Waals surface area contributed by atoms with Gasteiger partial charge in [0.1, 0.15) is 11.8 Å². The summed E-state index contributed by atoms with van der Waals surface area (Å²) in [5.74, 6) is 1.06. The molecule has 2 unspecified atom stereocenters. The zero-order chi connectivity index (χ0) is 14.6. The lowest BCUT2D eigenvalue weighted by Gasteiger charge is -2.32. The Balaban J connectivity index is 1.92. The van der Waals surface area contributed by atoms with Crippen LogP contribution in [0.1, 0.15) is 31.4 Å². The zero-order valence-corrected chi connectivity index (χ0v) is 13.1. The quantitative estimate of drug-likeness (QED) is 0.642. The van der Waals surface area contributed by atoms with Crippen LogP contribution in [0, 0.1) is 12.8 Å². The average molecular weight is 298 g/mol. The summed E-state index contributed by atoms with van der Waals surface area (Å²) in [5.41, 5.74) is 0.384. The number of nitrogens with zero attached hydrogens (tertiary/aromatic N) is 1. The summed E-state index contributed by atoms with van der Waals surface area (Å²) < 4.78 is 10.3. The van der Waals surface area contributed by atoms with Gasteiger partial charge in [-0.25, -0.2) is 4.98 Å². The third-order valence-electron chi connectivity index (χ3n) is 4.11. The van der Waals surface area contributed by atoms with E-state index in [0.29, 0.717) is 11.1 Å². The largest absolute Gasteiger partial charge is 0.468 e. The van der Waals surface area contributed by atoms with Gasteiger partial charge in [-0.05, 0) is 39.2 Å². The van der Waals surface area contributed by atoms with Gasteiger partial charge in [0.2, 0.25) is 0 Å². The fourth-order valence-corrected chi connectivity index (χ4v) is 3.94. The van der Waals surface area contributed by atoms with Gasteiger partial charge in [-0.1, -0.05) is 18.2 Å². The Morgan fingerprint density at radius 1 is 1.70 bits per heavy atom. The Bertz CT molecular complexity index is 463. The van der Waals surface area contributed by atoms with Crippen molar-refractivity contribution in [3.8, 4) is 0 Å². The molecule has 112 valence electrons. The third-order valence-corrected chi connectivity index (χ3v) is 4.98. The molecule has 2 atom stereocenters. The molecule has 1 saturated carbocycles. The van der Waals surface area contributed by atoms with Crippen molar-refractivity contribution in [3.63, 3.8) is 0 Å². The van der Waals surface area contributed by atoms with Crippen molar-refractivity contribution in [1.29, 1.82) is 0 Å². The van der Waals surface area contributed by atoms with Crippen molar-refractivity contribution in [2.75, 3.05) is 19.9 Å². The van der Waals surface area contributed by atoms with Crippen LogP contribution in [0.15, 0.2) is 15.9 Å². The molecule has 1 aliphatic carbocycles. The standard InChI is InChI=1S/C14H22N2O3S/c1-10-9-19-13(16-10)20-8-6-11-5-4-7-14(11,15-2)12(17)18-3/h9,11,15H,4-8H2,1-3H3. The highest BCUT2D eigenvalue weighted by Gasteiger charge is 2.48. The monoisotopic (exact) mass is 298 g/mol. The highest BCUT2D eigenvalue weighted by Crippen LogP contribution is 2.39. The number of carbonyl (C=O) groups is 1. The normalized spacial score (nSPS) is 25.9. The van der Waals surface area contributed by atoms with Crippen molar-refractivity contribution in [2.24, 2.45) is 5.92 Å². The van der Waals surface area contributed by atoms with Gasteiger partial charge in [0.05, 0.1) is 12.8 Å². The Morgan fingerprint density at radius 2 is 2.50 bits per heavy atom. The summed E-state index contributed by atoms with van der Waals surface area (Å²) in [5, 5.41) is 3.91. The third kappa shape index (κ3) is 3.01. The summed E-state index contributed by atoms with van der Waals surface area (Å²) in [6.45, 7) is 1.91. The van der Waals surface area contributed by atoms with Crippen molar-refractivity contribution < 1.29 is 13.9 Å². The SMILES string of the molecule is CNC1(C(=O)OC)CCCC1CCSc1nc(C)co1. The van der Waals surface area contributed by atoms with Crippen molar-refractivity contribution in [3.05, 3.63) is 12.0 Å². The van der Waals surface area contributed by atoms with Crippen LogP contribution in [0.2, 0.25) is 0 Å². The molecule has 5 nitrogen and oxygen atoms in total. The molecule has 2 rings (SSSR count). The lowest BCUT2D eigenvalue weighted by Crippen LogP contribution is -2.53. The van der Waals surface area contributed by atoms with Crippen LogP contribution < -0.4 is 5.32 Å². The Hall–Kier alpha value is -1.01. The van der Waals surface area contributed by atoms with E-state index in [2.05, 4.69) is 10.3 Å². The van der Waals surface area contributed by atoms with E-state index in [-0.39, 0.29) is 5.97 Å². The van der Waals surface area contributed by atoms with E-state index in [4.69, 9.17) is 9.15 Å². The van der Waals surface area contributed by atoms with Crippen LogP contribution in [-0.4, -0.2) is 36.4 Å². The van der Waals surface area contributed by atoms with Crippen LogP contribution in [0.5, 0.6) is 0 Å². The maximum absolute atomic E-state index is 12.1. The molecular formula is C14H22N2O3S. The van der Waals surface area contributed by atoms with Gasteiger partial charge in [-0.15, -0.1) is 0 Å². The maximum Gasteiger partial charge on any atom is 0.326 e. The zero-order valence-electron chi connectivity index (χ0n) is 12.3. The van der Waals surface area contributed by atoms with Gasteiger partial charge in [0.25, 0.3) is 5.22 Å². The van der Waals surface area contributed by atoms with E-state index < -0.39 is 5.54 Å². The highest BCUT2D eigenvalue weighted by molar-refractivity contribution is 7.99. The molecular weight excluding hydrogens is 276 g/mol. The van der Waals surface area contributed by atoms with E-state index in [1.807, 2.05) is 14.0 Å². The minimum absolute atomic E-state index is 0.139. The molecule has 1 fully saturated rings. The van der Waals surface area contributed by atoms with E-state index >= 15 is 0 Å². The minimum Gasteiger partial charge on any atom is -0.468 e. The number of likely N-dealkylation sites (N-methyl/N-ethyl adjacent to an activating group) is 1. The topological polar surface area (TPSA) is 64.4 Å². The lowest BCUT2D eigenvalue weighted by molar-refractivity contribution is -0.150. The summed E-state index contributed by atoms with van der Waals surface area (Å²) in [4.78, 5) is 16.4. The number of carbonyl (C=O) groups excluding carboxylic acids is 1. The van der Waals surface area contributed by atoms with E-state index in [9.17, 15) is 4.79 Å². The summed E-state index contributed by atoms with van der Waals surface area (Å²) in [6.07, 6.45) is 5.57. The number of aromatic nitrogens is 1. The minimum atomic E-state index is -0.512. The molecule has 6 heteroatoms. The van der Waals surface area contributed by atoms with Crippen LogP contribution >= 0.6 is 11.8 Å². The fraction of sp³-hybridized carbons (Fsp3) is 0.714. The Kier molecular flexibility index (Phi) is 5.10. The second-order valence-electron chi connectivity index (χ2n) is 5.19. The number of rotatable bonds is 6. The first kappa shape index (κ1) is 15.4. The number of thioether (sulfide) groups is 1. The molecule has 20 heavy (non-hydrogen) atoms. The number of oxazole rings is 1. The highest BCUT2D eigenvalue weighted by atomic mass is 32.2. The molecule has 0 saturated heterocycles. The van der Waals surface area contributed by atoms with Crippen LogP contribution in [0.3, 0.4) is 0 Å². The number of hydrogen-bond acceptors (Lipinski definition) is 6. The van der Waals surface area contributed by atoms with Crippen molar-refractivity contribution >= 4 is 17.7 Å². The van der Waals surface area contributed by atoms with Gasteiger partial charge in [0.15, 0.2) is 0 Å². The first-order valence-electron chi connectivity index (χ1n) is 6.94. The van der Waals surface area contributed by atoms with Crippen molar-refractivity contribution in [2.45, 2.75) is 43.4 Å². The number of methoxy groups -OCH3 is 1. The van der Waals surface area contributed by atoms with Crippen LogP contribution in [-0.2, 0) is 9.53 Å². The predicted octanol–water partition coefficient (Wildman–Crippen LogP) is 2.40. The van der Waals surface area contributed by atoms with Crippen LogP contribution in [0.25, 0.3) is 0 Å². The molecule has 1 aromatic heterocycles. The molecule has 0 aromatic carbocycles. The van der Waals surface area contributed by atoms with E-state index in [0.717, 1.165) is 37.1 Å². The summed E-state index contributed by atoms with van der Waals surface area (Å²) in [6, 6.07) is 0. The molecule has 0 aliphatic heterocycles. The van der Waals surface area contributed by atoms with Crippen molar-refractivity contribution in [1.82, 2.24) is 10.3 Å². The molecule has 0 radical (unpaired) electrons. The second-order valence-corrected chi connectivity index (χ2v) is 6.24. The van der Waals surface area contributed by atoms with Crippen LogP contribution in [0.4, 0.5) is 0 Å².